The fraction of sp³-hybridized carbons (Fsp3) is 0.611. The summed E-state index contributed by atoms with van der Waals surface area (Å²) in [6.45, 7) is 7.58. The summed E-state index contributed by atoms with van der Waals surface area (Å²) in [5.74, 6) is 0.121. The van der Waals surface area contributed by atoms with Gasteiger partial charge in [-0.15, -0.1) is 12.4 Å². The maximum Gasteiger partial charge on any atom is 0.253 e. The van der Waals surface area contributed by atoms with Crippen LogP contribution in [0.2, 0.25) is 0 Å². The number of likely N-dealkylation sites (tertiary alicyclic amines) is 1. The van der Waals surface area contributed by atoms with E-state index in [0.717, 1.165) is 51.3 Å². The van der Waals surface area contributed by atoms with Crippen LogP contribution in [0.3, 0.4) is 0 Å². The molecule has 0 radical (unpaired) electrons. The predicted octanol–water partition coefficient (Wildman–Crippen LogP) is 0.667. The fourth-order valence-electron chi connectivity index (χ4n) is 3.51. The van der Waals surface area contributed by atoms with E-state index in [1.807, 2.05) is 17.0 Å². The van der Waals surface area contributed by atoms with Crippen molar-refractivity contribution >= 4 is 28.3 Å². The molecular formula is C18H29ClN4O3S. The number of sulfonamides is 1. The van der Waals surface area contributed by atoms with E-state index < -0.39 is 10.0 Å². The summed E-state index contributed by atoms with van der Waals surface area (Å²) < 4.78 is 25.5. The highest BCUT2D eigenvalue weighted by molar-refractivity contribution is 7.89. The average molecular weight is 417 g/mol. The second kappa shape index (κ2) is 9.84. The van der Waals surface area contributed by atoms with Gasteiger partial charge < -0.3 is 10.2 Å². The van der Waals surface area contributed by atoms with Crippen molar-refractivity contribution in [1.29, 1.82) is 0 Å². The zero-order valence-corrected chi connectivity index (χ0v) is 17.3. The van der Waals surface area contributed by atoms with Crippen molar-refractivity contribution in [3.63, 3.8) is 0 Å². The summed E-state index contributed by atoms with van der Waals surface area (Å²) in [7, 11) is -3.21. The molecular weight excluding hydrogens is 388 g/mol. The summed E-state index contributed by atoms with van der Waals surface area (Å²) >= 11 is 0. The smallest absolute Gasteiger partial charge is 0.253 e. The molecule has 2 saturated heterocycles. The lowest BCUT2D eigenvalue weighted by atomic mass is 10.1. The summed E-state index contributed by atoms with van der Waals surface area (Å²) in [4.78, 5) is 17.1. The van der Waals surface area contributed by atoms with Crippen LogP contribution >= 0.6 is 12.4 Å². The first-order valence-electron chi connectivity index (χ1n) is 9.29. The minimum absolute atomic E-state index is 0. The number of carbonyl (C=O) groups excluding carboxylic acids is 1. The largest absolute Gasteiger partial charge is 0.337 e. The van der Waals surface area contributed by atoms with Gasteiger partial charge in [0.15, 0.2) is 0 Å². The number of piperazine rings is 1. The quantitative estimate of drug-likeness (QED) is 0.712. The van der Waals surface area contributed by atoms with Crippen molar-refractivity contribution in [3.8, 4) is 0 Å². The third-order valence-corrected chi connectivity index (χ3v) is 6.54. The highest BCUT2D eigenvalue weighted by Gasteiger charge is 2.31. The molecule has 7 nitrogen and oxygen atoms in total. The Balaban J connectivity index is 0.00000261. The molecule has 1 unspecified atom stereocenters. The summed E-state index contributed by atoms with van der Waals surface area (Å²) in [6, 6.07) is 7.67. The van der Waals surface area contributed by atoms with E-state index in [2.05, 4.69) is 14.9 Å². The normalized spacial score (nSPS) is 21.1. The number of benzene rings is 1. The van der Waals surface area contributed by atoms with Crippen LogP contribution in [0.5, 0.6) is 0 Å². The van der Waals surface area contributed by atoms with Crippen LogP contribution in [0.1, 0.15) is 29.3 Å². The first kappa shape index (κ1) is 22.1. The standard InChI is InChI=1S/C18H28N4O3S.ClH/c1-2-26(24,25)20-13-15-3-5-16(6-4-15)18(23)22-10-7-17(14-22)21-11-8-19-9-12-21;/h3-6,17,19-20H,2,7-14H2,1H3;1H. The molecule has 152 valence electrons. The Bertz CT molecular complexity index is 721. The third kappa shape index (κ3) is 5.89. The van der Waals surface area contributed by atoms with Crippen LogP contribution in [0, 0.1) is 0 Å². The lowest BCUT2D eigenvalue weighted by molar-refractivity contribution is 0.0773. The van der Waals surface area contributed by atoms with E-state index >= 15 is 0 Å². The van der Waals surface area contributed by atoms with Gasteiger partial charge in [0, 0.05) is 57.4 Å². The SMILES string of the molecule is CCS(=O)(=O)NCc1ccc(C(=O)N2CCC(N3CCNCC3)C2)cc1.Cl. The van der Waals surface area contributed by atoms with Crippen molar-refractivity contribution in [1.82, 2.24) is 19.8 Å². The van der Waals surface area contributed by atoms with Gasteiger partial charge in [-0.05, 0) is 31.0 Å². The van der Waals surface area contributed by atoms with Crippen molar-refractivity contribution < 1.29 is 13.2 Å². The summed E-state index contributed by atoms with van der Waals surface area (Å²) in [5.41, 5.74) is 1.51. The highest BCUT2D eigenvalue weighted by atomic mass is 35.5. The molecule has 3 rings (SSSR count). The number of rotatable bonds is 6. The number of amides is 1. The summed E-state index contributed by atoms with van der Waals surface area (Å²) in [6.07, 6.45) is 1.03. The Labute approximate surface area is 167 Å². The first-order valence-corrected chi connectivity index (χ1v) is 10.9. The van der Waals surface area contributed by atoms with Crippen LogP contribution < -0.4 is 10.0 Å². The molecule has 2 aliphatic rings. The lowest BCUT2D eigenvalue weighted by Crippen LogP contribution is -2.49. The maximum atomic E-state index is 12.7. The molecule has 1 amide bonds. The molecule has 27 heavy (non-hydrogen) atoms. The molecule has 2 aliphatic heterocycles. The molecule has 0 aliphatic carbocycles. The Morgan fingerprint density at radius 2 is 1.85 bits per heavy atom. The number of hydrogen-bond acceptors (Lipinski definition) is 5. The Morgan fingerprint density at radius 1 is 1.19 bits per heavy atom. The molecule has 1 atom stereocenters. The molecule has 1 aromatic rings. The van der Waals surface area contributed by atoms with Gasteiger partial charge in [-0.1, -0.05) is 12.1 Å². The van der Waals surface area contributed by atoms with Crippen LogP contribution in [0.25, 0.3) is 0 Å². The maximum absolute atomic E-state index is 12.7. The molecule has 0 aromatic heterocycles. The van der Waals surface area contributed by atoms with Gasteiger partial charge in [-0.3, -0.25) is 9.69 Å². The van der Waals surface area contributed by atoms with Crippen molar-refractivity contribution in [2.24, 2.45) is 0 Å². The van der Waals surface area contributed by atoms with Crippen molar-refractivity contribution in [3.05, 3.63) is 35.4 Å². The van der Waals surface area contributed by atoms with Gasteiger partial charge in [0.25, 0.3) is 5.91 Å². The first-order chi connectivity index (χ1) is 12.5. The number of nitrogens with one attached hydrogen (secondary N) is 2. The van der Waals surface area contributed by atoms with Crippen LogP contribution in [0.15, 0.2) is 24.3 Å². The molecule has 9 heteroatoms. The van der Waals surface area contributed by atoms with Gasteiger partial charge in [-0.2, -0.15) is 0 Å². The van der Waals surface area contributed by atoms with E-state index in [-0.39, 0.29) is 30.6 Å². The minimum atomic E-state index is -3.21. The monoisotopic (exact) mass is 416 g/mol. The summed E-state index contributed by atoms with van der Waals surface area (Å²) in [5, 5.41) is 3.36. The Kier molecular flexibility index (Phi) is 8.05. The minimum Gasteiger partial charge on any atom is -0.337 e. The van der Waals surface area contributed by atoms with Crippen molar-refractivity contribution in [2.45, 2.75) is 25.9 Å². The second-order valence-electron chi connectivity index (χ2n) is 6.90. The molecule has 0 saturated carbocycles. The van der Waals surface area contributed by atoms with E-state index in [1.165, 1.54) is 0 Å². The van der Waals surface area contributed by atoms with E-state index in [1.54, 1.807) is 19.1 Å². The van der Waals surface area contributed by atoms with E-state index in [4.69, 9.17) is 0 Å². The average Bonchev–Trinajstić information content (AvgIpc) is 3.17. The molecule has 0 spiro atoms. The number of hydrogen-bond donors (Lipinski definition) is 2. The zero-order valence-electron chi connectivity index (χ0n) is 15.7. The highest BCUT2D eigenvalue weighted by Crippen LogP contribution is 2.19. The molecule has 2 heterocycles. The number of halogens is 1. The lowest BCUT2D eigenvalue weighted by Gasteiger charge is -2.32. The zero-order chi connectivity index (χ0) is 18.6. The molecule has 2 N–H and O–H groups in total. The molecule has 1 aromatic carbocycles. The van der Waals surface area contributed by atoms with E-state index in [9.17, 15) is 13.2 Å². The van der Waals surface area contributed by atoms with Crippen LogP contribution in [-0.4, -0.2) is 75.2 Å². The van der Waals surface area contributed by atoms with Gasteiger partial charge in [0.05, 0.1) is 5.75 Å². The van der Waals surface area contributed by atoms with Crippen LogP contribution in [-0.2, 0) is 16.6 Å². The van der Waals surface area contributed by atoms with E-state index in [0.29, 0.717) is 11.6 Å². The van der Waals surface area contributed by atoms with Gasteiger partial charge in [-0.25, -0.2) is 13.1 Å². The Morgan fingerprint density at radius 3 is 2.48 bits per heavy atom. The second-order valence-corrected chi connectivity index (χ2v) is 9.00. The predicted molar refractivity (Wildman–Crippen MR) is 109 cm³/mol. The number of carbonyl (C=O) groups is 1. The van der Waals surface area contributed by atoms with Gasteiger partial charge in [0.2, 0.25) is 10.0 Å². The Hall–Kier alpha value is -1.19. The molecule has 0 bridgehead atoms. The third-order valence-electron chi connectivity index (χ3n) is 5.20. The van der Waals surface area contributed by atoms with Crippen LogP contribution in [0.4, 0.5) is 0 Å². The van der Waals surface area contributed by atoms with Gasteiger partial charge >= 0.3 is 0 Å². The van der Waals surface area contributed by atoms with Gasteiger partial charge in [0.1, 0.15) is 0 Å². The van der Waals surface area contributed by atoms with Crippen molar-refractivity contribution in [2.75, 3.05) is 45.0 Å². The fourth-order valence-corrected chi connectivity index (χ4v) is 4.11. The topological polar surface area (TPSA) is 81.8 Å². The molecule has 2 fully saturated rings. The number of nitrogens with zero attached hydrogens (tertiary/aromatic N) is 2.